The average Bonchev–Trinajstić information content (AvgIpc) is 2.72. The van der Waals surface area contributed by atoms with Crippen LogP contribution in [0.1, 0.15) is 52.3 Å². The van der Waals surface area contributed by atoms with Crippen molar-refractivity contribution in [3.63, 3.8) is 0 Å². The molecule has 0 fully saturated rings. The lowest BCUT2D eigenvalue weighted by Crippen LogP contribution is -2.30. The molecule has 110 valence electrons. The van der Waals surface area contributed by atoms with E-state index < -0.39 is 0 Å². The van der Waals surface area contributed by atoms with Crippen LogP contribution in [0.5, 0.6) is 0 Å². The molecule has 0 bridgehead atoms. The zero-order chi connectivity index (χ0) is 14.3. The van der Waals surface area contributed by atoms with Crippen LogP contribution in [0.15, 0.2) is 6.20 Å². The fourth-order valence-corrected chi connectivity index (χ4v) is 2.22. The van der Waals surface area contributed by atoms with Crippen molar-refractivity contribution >= 4 is 11.6 Å². The molecular formula is C14H26ClN3O. The van der Waals surface area contributed by atoms with Crippen LogP contribution in [0, 0.1) is 0 Å². The topological polar surface area (TPSA) is 39.1 Å². The summed E-state index contributed by atoms with van der Waals surface area (Å²) in [4.78, 5) is 0. The average molecular weight is 288 g/mol. The van der Waals surface area contributed by atoms with Gasteiger partial charge < -0.3 is 10.1 Å². The standard InChI is InChI=1S/C14H26ClN3O/c1-5-7-16-13(10-19-11(3)4)14-12(15)9-17-18(14)8-6-2/h9,11,13,16H,5-8,10H2,1-4H3. The van der Waals surface area contributed by atoms with Crippen LogP contribution in [0.25, 0.3) is 0 Å². The lowest BCUT2D eigenvalue weighted by Gasteiger charge is -2.21. The Morgan fingerprint density at radius 1 is 1.37 bits per heavy atom. The Labute approximate surface area is 121 Å². The smallest absolute Gasteiger partial charge is 0.0835 e. The third-order valence-electron chi connectivity index (χ3n) is 2.84. The largest absolute Gasteiger partial charge is 0.377 e. The number of rotatable bonds is 9. The number of nitrogens with zero attached hydrogens (tertiary/aromatic N) is 2. The number of ether oxygens (including phenoxy) is 1. The van der Waals surface area contributed by atoms with E-state index in [1.807, 2.05) is 18.5 Å². The Bertz CT molecular complexity index is 366. The van der Waals surface area contributed by atoms with Gasteiger partial charge in [0, 0.05) is 6.54 Å². The predicted octanol–water partition coefficient (Wildman–Crippen LogP) is 3.41. The summed E-state index contributed by atoms with van der Waals surface area (Å²) in [5.41, 5.74) is 1.04. The number of hydrogen-bond donors (Lipinski definition) is 1. The first-order chi connectivity index (χ1) is 9.10. The maximum Gasteiger partial charge on any atom is 0.0835 e. The molecule has 0 amide bonds. The molecule has 0 spiro atoms. The highest BCUT2D eigenvalue weighted by Gasteiger charge is 2.20. The van der Waals surface area contributed by atoms with E-state index in [0.717, 1.165) is 36.6 Å². The first-order valence-corrected chi connectivity index (χ1v) is 7.54. The third-order valence-corrected chi connectivity index (χ3v) is 3.13. The second kappa shape index (κ2) is 8.56. The molecule has 0 aliphatic carbocycles. The van der Waals surface area contributed by atoms with Gasteiger partial charge in [-0.3, -0.25) is 4.68 Å². The van der Waals surface area contributed by atoms with Crippen molar-refractivity contribution in [2.75, 3.05) is 13.2 Å². The molecule has 0 saturated carbocycles. The van der Waals surface area contributed by atoms with Gasteiger partial charge in [0.25, 0.3) is 0 Å². The van der Waals surface area contributed by atoms with Gasteiger partial charge in [-0.15, -0.1) is 0 Å². The lowest BCUT2D eigenvalue weighted by atomic mass is 10.2. The van der Waals surface area contributed by atoms with Gasteiger partial charge >= 0.3 is 0 Å². The Kier molecular flexibility index (Phi) is 7.42. The molecule has 1 unspecified atom stereocenters. The molecule has 1 atom stereocenters. The van der Waals surface area contributed by atoms with Crippen LogP contribution in [-0.2, 0) is 11.3 Å². The zero-order valence-electron chi connectivity index (χ0n) is 12.4. The lowest BCUT2D eigenvalue weighted by molar-refractivity contribution is 0.0594. The normalized spacial score (nSPS) is 13.2. The molecule has 1 aromatic heterocycles. The summed E-state index contributed by atoms with van der Waals surface area (Å²) in [6.07, 6.45) is 4.06. The first kappa shape index (κ1) is 16.5. The van der Waals surface area contributed by atoms with Crippen LogP contribution in [-0.4, -0.2) is 29.0 Å². The number of aromatic nitrogens is 2. The zero-order valence-corrected chi connectivity index (χ0v) is 13.2. The van der Waals surface area contributed by atoms with Crippen molar-refractivity contribution in [3.05, 3.63) is 16.9 Å². The van der Waals surface area contributed by atoms with Gasteiger partial charge in [-0.25, -0.2) is 0 Å². The molecular weight excluding hydrogens is 262 g/mol. The van der Waals surface area contributed by atoms with Gasteiger partial charge in [0.15, 0.2) is 0 Å². The Morgan fingerprint density at radius 3 is 2.68 bits per heavy atom. The molecule has 1 rings (SSSR count). The van der Waals surface area contributed by atoms with E-state index in [2.05, 4.69) is 24.3 Å². The predicted molar refractivity (Wildman–Crippen MR) is 79.7 cm³/mol. The molecule has 1 heterocycles. The molecule has 0 saturated heterocycles. The van der Waals surface area contributed by atoms with E-state index in [1.165, 1.54) is 0 Å². The summed E-state index contributed by atoms with van der Waals surface area (Å²) in [7, 11) is 0. The fourth-order valence-electron chi connectivity index (χ4n) is 1.95. The van der Waals surface area contributed by atoms with E-state index in [9.17, 15) is 0 Å². The third kappa shape index (κ3) is 5.13. The van der Waals surface area contributed by atoms with Crippen LogP contribution in [0.2, 0.25) is 5.02 Å². The highest BCUT2D eigenvalue weighted by Crippen LogP contribution is 2.24. The Morgan fingerprint density at radius 2 is 2.11 bits per heavy atom. The summed E-state index contributed by atoms with van der Waals surface area (Å²) in [5, 5.41) is 8.56. The van der Waals surface area contributed by atoms with Gasteiger partial charge in [0.1, 0.15) is 0 Å². The van der Waals surface area contributed by atoms with Crippen molar-refractivity contribution in [3.8, 4) is 0 Å². The van der Waals surface area contributed by atoms with Crippen molar-refractivity contribution in [2.45, 2.75) is 59.2 Å². The van der Waals surface area contributed by atoms with Crippen LogP contribution in [0.4, 0.5) is 0 Å². The Hall–Kier alpha value is -0.580. The summed E-state index contributed by atoms with van der Waals surface area (Å²) in [6.45, 7) is 10.8. The summed E-state index contributed by atoms with van der Waals surface area (Å²) >= 11 is 6.29. The van der Waals surface area contributed by atoms with E-state index in [1.54, 1.807) is 6.20 Å². The quantitative estimate of drug-likeness (QED) is 0.756. The van der Waals surface area contributed by atoms with Crippen LogP contribution in [0.3, 0.4) is 0 Å². The van der Waals surface area contributed by atoms with Gasteiger partial charge in [0.05, 0.1) is 35.7 Å². The Balaban J connectivity index is 2.84. The maximum absolute atomic E-state index is 6.29. The second-order valence-electron chi connectivity index (χ2n) is 4.99. The number of aryl methyl sites for hydroxylation is 1. The second-order valence-corrected chi connectivity index (χ2v) is 5.40. The molecule has 19 heavy (non-hydrogen) atoms. The first-order valence-electron chi connectivity index (χ1n) is 7.16. The summed E-state index contributed by atoms with van der Waals surface area (Å²) in [5.74, 6) is 0. The molecule has 0 aromatic carbocycles. The molecule has 0 aliphatic rings. The van der Waals surface area contributed by atoms with Gasteiger partial charge in [0.2, 0.25) is 0 Å². The van der Waals surface area contributed by atoms with Crippen molar-refractivity contribution in [1.29, 1.82) is 0 Å². The molecule has 1 aromatic rings. The van der Waals surface area contributed by atoms with E-state index in [-0.39, 0.29) is 12.1 Å². The minimum absolute atomic E-state index is 0.101. The SMILES string of the molecule is CCCNC(COC(C)C)c1c(Cl)cnn1CCC. The highest BCUT2D eigenvalue weighted by atomic mass is 35.5. The van der Waals surface area contributed by atoms with E-state index in [4.69, 9.17) is 16.3 Å². The van der Waals surface area contributed by atoms with Crippen molar-refractivity contribution in [2.24, 2.45) is 0 Å². The number of nitrogens with one attached hydrogen (secondary N) is 1. The molecule has 4 nitrogen and oxygen atoms in total. The van der Waals surface area contributed by atoms with Gasteiger partial charge in [-0.05, 0) is 33.2 Å². The van der Waals surface area contributed by atoms with E-state index >= 15 is 0 Å². The highest BCUT2D eigenvalue weighted by molar-refractivity contribution is 6.31. The summed E-state index contributed by atoms with van der Waals surface area (Å²) in [6, 6.07) is 0.101. The van der Waals surface area contributed by atoms with Crippen LogP contribution < -0.4 is 5.32 Å². The maximum atomic E-state index is 6.29. The van der Waals surface area contributed by atoms with E-state index in [0.29, 0.717) is 6.61 Å². The van der Waals surface area contributed by atoms with Crippen LogP contribution >= 0.6 is 11.6 Å². The molecule has 5 heteroatoms. The summed E-state index contributed by atoms with van der Waals surface area (Å²) < 4.78 is 7.74. The monoisotopic (exact) mass is 287 g/mol. The van der Waals surface area contributed by atoms with Gasteiger partial charge in [-0.1, -0.05) is 25.4 Å². The van der Waals surface area contributed by atoms with Crippen molar-refractivity contribution < 1.29 is 4.74 Å². The molecule has 1 N–H and O–H groups in total. The molecule has 0 radical (unpaired) electrons. The minimum Gasteiger partial charge on any atom is -0.377 e. The van der Waals surface area contributed by atoms with Crippen molar-refractivity contribution in [1.82, 2.24) is 15.1 Å². The number of hydrogen-bond acceptors (Lipinski definition) is 3. The van der Waals surface area contributed by atoms with Gasteiger partial charge in [-0.2, -0.15) is 5.10 Å². The molecule has 0 aliphatic heterocycles. The number of halogens is 1. The fraction of sp³-hybridized carbons (Fsp3) is 0.786. The minimum atomic E-state index is 0.101.